The Hall–Kier alpha value is -2.57. The SMILES string of the molecule is COc1cc(C(C)O)ccc1OCCCCN1CCC(c2noc3ccccc23)CC1. The first kappa shape index (κ1) is 21.7. The first-order valence-corrected chi connectivity index (χ1v) is 11.2. The molecule has 1 aromatic heterocycles. The molecule has 1 aliphatic rings. The highest BCUT2D eigenvalue weighted by Crippen LogP contribution is 2.33. The molecule has 1 aliphatic heterocycles. The number of fused-ring (bicyclic) bond motifs is 1. The zero-order chi connectivity index (χ0) is 21.6. The third-order valence-corrected chi connectivity index (χ3v) is 6.18. The second kappa shape index (κ2) is 10.2. The fourth-order valence-corrected chi connectivity index (χ4v) is 4.31. The van der Waals surface area contributed by atoms with Gasteiger partial charge < -0.3 is 24.0 Å². The number of ether oxygens (including phenoxy) is 2. The van der Waals surface area contributed by atoms with Crippen LogP contribution in [0.3, 0.4) is 0 Å². The number of para-hydroxylation sites is 1. The third kappa shape index (κ3) is 5.20. The highest BCUT2D eigenvalue weighted by molar-refractivity contribution is 5.79. The van der Waals surface area contributed by atoms with Gasteiger partial charge in [0.2, 0.25) is 0 Å². The molecule has 31 heavy (non-hydrogen) atoms. The van der Waals surface area contributed by atoms with Crippen molar-refractivity contribution in [2.75, 3.05) is 33.4 Å². The minimum absolute atomic E-state index is 0.486. The molecule has 1 fully saturated rings. The van der Waals surface area contributed by atoms with Crippen LogP contribution in [0.5, 0.6) is 11.5 Å². The highest BCUT2D eigenvalue weighted by Gasteiger charge is 2.24. The fourth-order valence-electron chi connectivity index (χ4n) is 4.31. The molecule has 6 heteroatoms. The smallest absolute Gasteiger partial charge is 0.167 e. The van der Waals surface area contributed by atoms with Crippen LogP contribution in [-0.2, 0) is 0 Å². The van der Waals surface area contributed by atoms with Crippen molar-refractivity contribution >= 4 is 11.0 Å². The average molecular weight is 425 g/mol. The quantitative estimate of drug-likeness (QED) is 0.491. The van der Waals surface area contributed by atoms with Crippen molar-refractivity contribution in [2.24, 2.45) is 0 Å². The van der Waals surface area contributed by atoms with Gasteiger partial charge in [-0.1, -0.05) is 23.4 Å². The molecule has 1 unspecified atom stereocenters. The topological polar surface area (TPSA) is 68.0 Å². The summed E-state index contributed by atoms with van der Waals surface area (Å²) in [7, 11) is 1.62. The van der Waals surface area contributed by atoms with Crippen LogP contribution in [0.15, 0.2) is 47.0 Å². The number of unbranched alkanes of at least 4 members (excludes halogenated alkanes) is 1. The van der Waals surface area contributed by atoms with Crippen molar-refractivity contribution in [3.63, 3.8) is 0 Å². The molecule has 0 spiro atoms. The largest absolute Gasteiger partial charge is 0.493 e. The minimum atomic E-state index is -0.518. The first-order valence-electron chi connectivity index (χ1n) is 11.2. The number of benzene rings is 2. The first-order chi connectivity index (χ1) is 15.2. The van der Waals surface area contributed by atoms with E-state index < -0.39 is 6.10 Å². The van der Waals surface area contributed by atoms with Gasteiger partial charge in [-0.25, -0.2) is 0 Å². The lowest BCUT2D eigenvalue weighted by molar-refractivity contribution is 0.196. The molecule has 1 saturated heterocycles. The summed E-state index contributed by atoms with van der Waals surface area (Å²) in [5.41, 5.74) is 2.84. The van der Waals surface area contributed by atoms with Crippen LogP contribution in [0.4, 0.5) is 0 Å². The molecule has 0 aliphatic carbocycles. The normalized spacial score (nSPS) is 16.5. The number of hydrogen-bond donors (Lipinski definition) is 1. The molecular formula is C25H32N2O4. The number of aliphatic hydroxyl groups excluding tert-OH is 1. The summed E-state index contributed by atoms with van der Waals surface area (Å²) in [5, 5.41) is 15.2. The Morgan fingerprint density at radius 3 is 2.71 bits per heavy atom. The van der Waals surface area contributed by atoms with Crippen molar-refractivity contribution in [3.05, 3.63) is 53.7 Å². The third-order valence-electron chi connectivity index (χ3n) is 6.18. The predicted octanol–water partition coefficient (Wildman–Crippen LogP) is 4.93. The Bertz CT molecular complexity index is 977. The maximum atomic E-state index is 9.71. The fraction of sp³-hybridized carbons (Fsp3) is 0.480. The number of likely N-dealkylation sites (tertiary alicyclic amines) is 1. The predicted molar refractivity (Wildman–Crippen MR) is 121 cm³/mol. The van der Waals surface area contributed by atoms with Crippen molar-refractivity contribution < 1.29 is 19.1 Å². The summed E-state index contributed by atoms with van der Waals surface area (Å²) in [6.07, 6.45) is 3.83. The summed E-state index contributed by atoms with van der Waals surface area (Å²) in [4.78, 5) is 2.54. The lowest BCUT2D eigenvalue weighted by Crippen LogP contribution is -2.34. The number of nitrogens with zero attached hydrogens (tertiary/aromatic N) is 2. The van der Waals surface area contributed by atoms with Gasteiger partial charge in [-0.05, 0) is 82.1 Å². The lowest BCUT2D eigenvalue weighted by atomic mass is 9.91. The van der Waals surface area contributed by atoms with Gasteiger partial charge in [0.1, 0.15) is 0 Å². The van der Waals surface area contributed by atoms with Gasteiger partial charge >= 0.3 is 0 Å². The van der Waals surface area contributed by atoms with Gasteiger partial charge in [0.25, 0.3) is 0 Å². The number of hydrogen-bond acceptors (Lipinski definition) is 6. The van der Waals surface area contributed by atoms with Crippen molar-refractivity contribution in [2.45, 2.75) is 44.6 Å². The van der Waals surface area contributed by atoms with Crippen molar-refractivity contribution in [1.82, 2.24) is 10.1 Å². The van der Waals surface area contributed by atoms with Crippen LogP contribution in [0.1, 0.15) is 55.9 Å². The summed E-state index contributed by atoms with van der Waals surface area (Å²) >= 11 is 0. The zero-order valence-electron chi connectivity index (χ0n) is 18.4. The lowest BCUT2D eigenvalue weighted by Gasteiger charge is -2.31. The van der Waals surface area contributed by atoms with E-state index in [-0.39, 0.29) is 0 Å². The Morgan fingerprint density at radius 2 is 1.94 bits per heavy atom. The number of piperidine rings is 1. The van der Waals surface area contributed by atoms with E-state index in [2.05, 4.69) is 22.2 Å². The van der Waals surface area contributed by atoms with Crippen LogP contribution in [0.25, 0.3) is 11.0 Å². The molecular weight excluding hydrogens is 392 g/mol. The van der Waals surface area contributed by atoms with Gasteiger partial charge in [-0.2, -0.15) is 0 Å². The Balaban J connectivity index is 1.18. The van der Waals surface area contributed by atoms with Crippen molar-refractivity contribution in [3.8, 4) is 11.5 Å². The van der Waals surface area contributed by atoms with Crippen LogP contribution in [-0.4, -0.2) is 48.5 Å². The summed E-state index contributed by atoms with van der Waals surface area (Å²) < 4.78 is 16.8. The van der Waals surface area contributed by atoms with E-state index in [1.165, 1.54) is 0 Å². The van der Waals surface area contributed by atoms with E-state index in [9.17, 15) is 5.11 Å². The average Bonchev–Trinajstić information content (AvgIpc) is 3.23. The van der Waals surface area contributed by atoms with Gasteiger partial charge in [0.15, 0.2) is 17.1 Å². The van der Waals surface area contributed by atoms with Crippen LogP contribution < -0.4 is 9.47 Å². The van der Waals surface area contributed by atoms with Gasteiger partial charge in [-0.3, -0.25) is 0 Å². The Labute approximate surface area is 183 Å². The number of methoxy groups -OCH3 is 1. The zero-order valence-corrected chi connectivity index (χ0v) is 18.4. The Kier molecular flexibility index (Phi) is 7.10. The molecule has 2 aromatic carbocycles. The highest BCUT2D eigenvalue weighted by atomic mass is 16.5. The van der Waals surface area contributed by atoms with Gasteiger partial charge in [0, 0.05) is 11.3 Å². The van der Waals surface area contributed by atoms with E-state index in [0.717, 1.165) is 73.3 Å². The molecule has 0 saturated carbocycles. The Morgan fingerprint density at radius 1 is 1.13 bits per heavy atom. The van der Waals surface area contributed by atoms with Gasteiger partial charge in [0.05, 0.1) is 25.5 Å². The standard InChI is InChI=1S/C25H32N2O4/c1-18(28)20-9-10-23(24(17-20)29-2)30-16-6-5-13-27-14-11-19(12-15-27)25-21-7-3-4-8-22(21)31-26-25/h3-4,7-10,17-19,28H,5-6,11-16H2,1-2H3. The van der Waals surface area contributed by atoms with E-state index >= 15 is 0 Å². The van der Waals surface area contributed by atoms with Crippen LogP contribution in [0.2, 0.25) is 0 Å². The second-order valence-electron chi connectivity index (χ2n) is 8.32. The maximum absolute atomic E-state index is 9.71. The summed E-state index contributed by atoms with van der Waals surface area (Å²) in [5.74, 6) is 1.88. The molecule has 1 N–H and O–H groups in total. The van der Waals surface area contributed by atoms with E-state index in [0.29, 0.717) is 18.3 Å². The van der Waals surface area contributed by atoms with E-state index in [1.54, 1.807) is 14.0 Å². The number of aliphatic hydroxyl groups is 1. The van der Waals surface area contributed by atoms with Gasteiger partial charge in [-0.15, -0.1) is 0 Å². The van der Waals surface area contributed by atoms with E-state index in [1.807, 2.05) is 30.3 Å². The van der Waals surface area contributed by atoms with Crippen LogP contribution in [0, 0.1) is 0 Å². The summed E-state index contributed by atoms with van der Waals surface area (Å²) in [6.45, 7) is 5.69. The molecule has 4 rings (SSSR count). The maximum Gasteiger partial charge on any atom is 0.167 e. The minimum Gasteiger partial charge on any atom is -0.493 e. The van der Waals surface area contributed by atoms with Crippen LogP contribution >= 0.6 is 0 Å². The monoisotopic (exact) mass is 424 g/mol. The molecule has 6 nitrogen and oxygen atoms in total. The molecule has 0 bridgehead atoms. The molecule has 3 aromatic rings. The number of aromatic nitrogens is 1. The molecule has 0 amide bonds. The second-order valence-corrected chi connectivity index (χ2v) is 8.32. The van der Waals surface area contributed by atoms with E-state index in [4.69, 9.17) is 14.0 Å². The molecule has 1 atom stereocenters. The summed E-state index contributed by atoms with van der Waals surface area (Å²) in [6, 6.07) is 13.7. The molecule has 166 valence electrons. The number of rotatable bonds is 9. The molecule has 0 radical (unpaired) electrons. The van der Waals surface area contributed by atoms with Crippen molar-refractivity contribution in [1.29, 1.82) is 0 Å². The molecule has 2 heterocycles.